The van der Waals surface area contributed by atoms with Gasteiger partial charge in [0.15, 0.2) is 0 Å². The van der Waals surface area contributed by atoms with Crippen LogP contribution < -0.4 is 5.32 Å². The van der Waals surface area contributed by atoms with Crippen molar-refractivity contribution in [1.29, 1.82) is 0 Å². The van der Waals surface area contributed by atoms with Gasteiger partial charge in [-0.3, -0.25) is 13.8 Å². The zero-order valence-corrected chi connectivity index (χ0v) is 45.6. The highest BCUT2D eigenvalue weighted by molar-refractivity contribution is 7.47. The molecular formula is C56H110NO12P. The maximum absolute atomic E-state index is 13.1. The largest absolute Gasteiger partial charge is 0.472 e. The number of phosphoric ester groups is 1. The molecule has 9 N–H and O–H groups in total. The van der Waals surface area contributed by atoms with Crippen LogP contribution in [0.25, 0.3) is 0 Å². The predicted molar refractivity (Wildman–Crippen MR) is 284 cm³/mol. The van der Waals surface area contributed by atoms with Gasteiger partial charge in [0.05, 0.1) is 31.3 Å². The van der Waals surface area contributed by atoms with E-state index in [0.29, 0.717) is 12.8 Å². The third-order valence-electron chi connectivity index (χ3n) is 14.4. The minimum atomic E-state index is -5.13. The normalized spacial score (nSPS) is 21.8. The molecule has 0 aromatic rings. The molecule has 70 heavy (non-hydrogen) atoms. The number of allylic oxidation sites excluding steroid dienone is 2. The van der Waals surface area contributed by atoms with E-state index < -0.39 is 75.2 Å². The number of rotatable bonds is 50. The second kappa shape index (κ2) is 45.4. The van der Waals surface area contributed by atoms with Crippen LogP contribution in [0.2, 0.25) is 0 Å². The SMILES string of the molecule is CCCCCCCCCCCCC/C=C\CCCCCCCC(O)CC(=O)NC(COP(=O)(O)OC1C(O)C(O)C(O)C(O)C1O)C(O)CCCCCCCCCCCCCCCCCCCCCC. The van der Waals surface area contributed by atoms with E-state index in [1.807, 2.05) is 0 Å². The van der Waals surface area contributed by atoms with Crippen molar-refractivity contribution in [1.82, 2.24) is 5.32 Å². The number of hydrogen-bond acceptors (Lipinski definition) is 11. The smallest absolute Gasteiger partial charge is 0.393 e. The first-order valence-corrected chi connectivity index (χ1v) is 30.7. The Labute approximate surface area is 427 Å². The topological polar surface area (TPSA) is 226 Å². The van der Waals surface area contributed by atoms with E-state index in [0.717, 1.165) is 70.6 Å². The molecule has 1 saturated carbocycles. The molecule has 1 amide bonds. The minimum absolute atomic E-state index is 0.224. The molecule has 0 aliphatic heterocycles. The number of unbranched alkanes of at least 4 members (excludes halogenated alkanes) is 35. The van der Waals surface area contributed by atoms with Gasteiger partial charge in [0, 0.05) is 0 Å². The molecule has 14 heteroatoms. The molecule has 0 radical (unpaired) electrons. The maximum Gasteiger partial charge on any atom is 0.472 e. The zero-order chi connectivity index (χ0) is 51.5. The fourth-order valence-electron chi connectivity index (χ4n) is 9.66. The summed E-state index contributed by atoms with van der Waals surface area (Å²) in [5.74, 6) is -0.560. The van der Waals surface area contributed by atoms with Gasteiger partial charge in [-0.1, -0.05) is 244 Å². The van der Waals surface area contributed by atoms with Crippen LogP contribution in [0.5, 0.6) is 0 Å². The summed E-state index contributed by atoms with van der Waals surface area (Å²) in [6, 6.07) is -1.16. The van der Waals surface area contributed by atoms with Crippen LogP contribution in [-0.2, 0) is 18.4 Å². The average Bonchev–Trinajstić information content (AvgIpc) is 3.34. The lowest BCUT2D eigenvalue weighted by Gasteiger charge is -2.41. The summed E-state index contributed by atoms with van der Waals surface area (Å²) in [5, 5.41) is 75.1. The molecule has 0 spiro atoms. The highest BCUT2D eigenvalue weighted by Gasteiger charge is 2.51. The van der Waals surface area contributed by atoms with E-state index in [1.165, 1.54) is 167 Å². The Morgan fingerprint density at radius 2 is 0.800 bits per heavy atom. The molecule has 13 nitrogen and oxygen atoms in total. The summed E-state index contributed by atoms with van der Waals surface area (Å²) in [5.41, 5.74) is 0. The second-order valence-electron chi connectivity index (χ2n) is 21.0. The van der Waals surface area contributed by atoms with Crippen molar-refractivity contribution in [3.8, 4) is 0 Å². The number of hydrogen-bond donors (Lipinski definition) is 9. The van der Waals surface area contributed by atoms with Crippen LogP contribution in [-0.4, -0.2) is 108 Å². The lowest BCUT2D eigenvalue weighted by atomic mass is 9.85. The Balaban J connectivity index is 2.39. The van der Waals surface area contributed by atoms with Crippen molar-refractivity contribution in [3.05, 3.63) is 12.2 Å². The van der Waals surface area contributed by atoms with Gasteiger partial charge in [-0.15, -0.1) is 0 Å². The fourth-order valence-corrected chi connectivity index (χ4v) is 10.6. The minimum Gasteiger partial charge on any atom is -0.393 e. The molecule has 0 aromatic carbocycles. The van der Waals surface area contributed by atoms with Crippen molar-refractivity contribution in [2.75, 3.05) is 6.61 Å². The predicted octanol–water partition coefficient (Wildman–Crippen LogP) is 12.1. The molecule has 1 aliphatic rings. The number of phosphoric acid groups is 1. The van der Waals surface area contributed by atoms with Crippen LogP contribution in [0.1, 0.15) is 277 Å². The number of carbonyl (C=O) groups is 1. The molecule has 0 bridgehead atoms. The maximum atomic E-state index is 13.1. The Bertz CT molecular complexity index is 1250. The summed E-state index contributed by atoms with van der Waals surface area (Å²) in [6.45, 7) is 3.84. The lowest BCUT2D eigenvalue weighted by Crippen LogP contribution is -2.64. The molecule has 416 valence electrons. The van der Waals surface area contributed by atoms with E-state index in [4.69, 9.17) is 9.05 Å². The van der Waals surface area contributed by atoms with Gasteiger partial charge < -0.3 is 46.0 Å². The van der Waals surface area contributed by atoms with E-state index >= 15 is 0 Å². The molecule has 8 unspecified atom stereocenters. The van der Waals surface area contributed by atoms with E-state index in [1.54, 1.807) is 0 Å². The van der Waals surface area contributed by atoms with E-state index in [-0.39, 0.29) is 12.8 Å². The van der Waals surface area contributed by atoms with Crippen molar-refractivity contribution in [2.24, 2.45) is 0 Å². The van der Waals surface area contributed by atoms with Crippen LogP contribution in [0.4, 0.5) is 0 Å². The summed E-state index contributed by atoms with van der Waals surface area (Å²) in [7, 11) is -5.13. The van der Waals surface area contributed by atoms with Crippen molar-refractivity contribution in [2.45, 2.75) is 332 Å². The van der Waals surface area contributed by atoms with Gasteiger partial charge in [-0.25, -0.2) is 4.57 Å². The molecule has 0 aromatic heterocycles. The average molecular weight is 1020 g/mol. The van der Waals surface area contributed by atoms with Gasteiger partial charge in [-0.2, -0.15) is 0 Å². The van der Waals surface area contributed by atoms with Gasteiger partial charge in [0.2, 0.25) is 5.91 Å². The second-order valence-corrected chi connectivity index (χ2v) is 22.4. The number of aliphatic hydroxyl groups excluding tert-OH is 7. The Morgan fingerprint density at radius 1 is 0.486 bits per heavy atom. The standard InChI is InChI=1S/C56H110NO12P/c1-3-5-7-9-11-13-15-17-19-21-23-25-27-29-31-33-35-37-39-41-43-47(58)45-50(60)57-48(46-68-70(66,67)69-56-54(64)52(62)51(61)53(63)55(56)65)49(59)44-42-40-38-36-34-32-30-28-26-24-22-20-18-16-14-12-10-8-6-4-2/h27,29,47-49,51-56,58-59,61-65H,3-26,28,30-46H2,1-2H3,(H,57,60)(H,66,67)/b29-27-. The quantitative estimate of drug-likeness (QED) is 0.0158. The summed E-state index contributed by atoms with van der Waals surface area (Å²) in [6.07, 6.45) is 38.2. The molecule has 1 rings (SSSR count). The first-order valence-electron chi connectivity index (χ1n) is 29.2. The summed E-state index contributed by atoms with van der Waals surface area (Å²) in [4.78, 5) is 23.6. The van der Waals surface area contributed by atoms with Crippen molar-refractivity contribution in [3.63, 3.8) is 0 Å². The number of nitrogens with one attached hydrogen (secondary N) is 1. The van der Waals surface area contributed by atoms with Gasteiger partial charge in [-0.05, 0) is 38.5 Å². The number of amides is 1. The Hall–Kier alpha value is -0.960. The molecular weight excluding hydrogens is 910 g/mol. The molecule has 0 saturated heterocycles. The lowest BCUT2D eigenvalue weighted by molar-refractivity contribution is -0.220. The molecule has 0 heterocycles. The summed E-state index contributed by atoms with van der Waals surface area (Å²) < 4.78 is 23.1. The summed E-state index contributed by atoms with van der Waals surface area (Å²) >= 11 is 0. The highest BCUT2D eigenvalue weighted by atomic mass is 31.2. The van der Waals surface area contributed by atoms with E-state index in [9.17, 15) is 50.0 Å². The Morgan fingerprint density at radius 3 is 1.17 bits per heavy atom. The van der Waals surface area contributed by atoms with Crippen LogP contribution in [0.15, 0.2) is 12.2 Å². The first-order chi connectivity index (χ1) is 33.8. The first kappa shape index (κ1) is 67.1. The number of aliphatic hydroxyl groups is 7. The molecule has 1 aliphatic carbocycles. The van der Waals surface area contributed by atoms with Crippen molar-refractivity contribution >= 4 is 13.7 Å². The van der Waals surface area contributed by atoms with Gasteiger partial charge in [0.1, 0.15) is 36.6 Å². The monoisotopic (exact) mass is 1020 g/mol. The van der Waals surface area contributed by atoms with Gasteiger partial charge >= 0.3 is 7.82 Å². The van der Waals surface area contributed by atoms with Crippen LogP contribution in [0.3, 0.4) is 0 Å². The van der Waals surface area contributed by atoms with Crippen molar-refractivity contribution < 1.29 is 59.0 Å². The van der Waals surface area contributed by atoms with Crippen LogP contribution >= 0.6 is 7.82 Å². The van der Waals surface area contributed by atoms with Crippen LogP contribution in [0, 0.1) is 0 Å². The molecule has 1 fully saturated rings. The highest BCUT2D eigenvalue weighted by Crippen LogP contribution is 2.47. The third kappa shape index (κ3) is 36.1. The van der Waals surface area contributed by atoms with E-state index in [2.05, 4.69) is 31.3 Å². The fraction of sp³-hybridized carbons (Fsp3) is 0.946. The zero-order valence-electron chi connectivity index (χ0n) is 44.7. The molecule has 8 atom stereocenters. The number of carbonyl (C=O) groups excluding carboxylic acids is 1. The Kier molecular flexibility index (Phi) is 43.5. The third-order valence-corrected chi connectivity index (χ3v) is 15.4. The van der Waals surface area contributed by atoms with Gasteiger partial charge in [0.25, 0.3) is 0 Å².